The molecule has 1 aromatic heterocycles. The Bertz CT molecular complexity index is 1160. The minimum Gasteiger partial charge on any atom is -0.711 e. The third-order valence-electron chi connectivity index (χ3n) is 5.35. The van der Waals surface area contributed by atoms with E-state index in [1.165, 1.54) is 18.3 Å². The minimum atomic E-state index is -0.781. The summed E-state index contributed by atoms with van der Waals surface area (Å²) in [6.07, 6.45) is 2.46. The van der Waals surface area contributed by atoms with Crippen molar-refractivity contribution in [3.63, 3.8) is 0 Å². The Kier molecular flexibility index (Phi) is 6.29. The number of halogens is 1. The van der Waals surface area contributed by atoms with Gasteiger partial charge in [-0.15, -0.1) is 0 Å². The van der Waals surface area contributed by atoms with Crippen LogP contribution in [-0.2, 0) is 11.3 Å². The number of nitrogens with one attached hydrogen (secondary N) is 1. The van der Waals surface area contributed by atoms with E-state index in [0.29, 0.717) is 30.0 Å². The van der Waals surface area contributed by atoms with Gasteiger partial charge in [0, 0.05) is 18.6 Å². The zero-order valence-corrected chi connectivity index (χ0v) is 18.9. The molecule has 1 aliphatic rings. The second-order valence-electron chi connectivity index (χ2n) is 9.12. The monoisotopic (exact) mass is 450 g/mol. The Morgan fingerprint density at radius 2 is 2.06 bits per heavy atom. The van der Waals surface area contributed by atoms with Gasteiger partial charge in [-0.3, -0.25) is 9.69 Å². The van der Waals surface area contributed by atoms with Gasteiger partial charge in [0.15, 0.2) is 0 Å². The van der Waals surface area contributed by atoms with Gasteiger partial charge in [0.25, 0.3) is 6.33 Å². The van der Waals surface area contributed by atoms with E-state index in [0.717, 1.165) is 23.0 Å². The molecular formula is C25H27FN4O3. The molecule has 1 N–H and O–H groups in total. The van der Waals surface area contributed by atoms with Crippen molar-refractivity contribution in [2.45, 2.75) is 38.9 Å². The van der Waals surface area contributed by atoms with Gasteiger partial charge < -0.3 is 15.3 Å². The van der Waals surface area contributed by atoms with Crippen LogP contribution in [0, 0.1) is 11.0 Å². The number of ether oxygens (including phenoxy) is 1. The van der Waals surface area contributed by atoms with Crippen LogP contribution in [0.4, 0.5) is 4.39 Å². The molecule has 0 spiro atoms. The van der Waals surface area contributed by atoms with E-state index in [-0.39, 0.29) is 17.6 Å². The van der Waals surface area contributed by atoms with Crippen molar-refractivity contribution in [1.82, 2.24) is 15.2 Å². The topological polar surface area (TPSA) is 81.4 Å². The summed E-state index contributed by atoms with van der Waals surface area (Å²) >= 11 is 0. The molecule has 1 aliphatic heterocycles. The quantitative estimate of drug-likeness (QED) is 0.487. The maximum absolute atomic E-state index is 13.9. The van der Waals surface area contributed by atoms with Crippen LogP contribution in [0.25, 0.3) is 11.1 Å². The molecule has 4 rings (SSSR count). The van der Waals surface area contributed by atoms with Crippen molar-refractivity contribution in [3.8, 4) is 17.0 Å². The maximum Gasteiger partial charge on any atom is 0.336 e. The predicted octanol–water partition coefficient (Wildman–Crippen LogP) is 3.37. The van der Waals surface area contributed by atoms with Crippen molar-refractivity contribution >= 4 is 5.91 Å². The highest BCUT2D eigenvalue weighted by atomic mass is 19.1. The molecule has 8 heteroatoms. The van der Waals surface area contributed by atoms with Gasteiger partial charge in [-0.25, -0.2) is 9.12 Å². The number of nitrogens with zero attached hydrogens (tertiary/aromatic N) is 3. The number of hydrogen-bond acceptors (Lipinski definition) is 5. The average molecular weight is 451 g/mol. The van der Waals surface area contributed by atoms with E-state index in [9.17, 15) is 14.4 Å². The molecular weight excluding hydrogens is 423 g/mol. The summed E-state index contributed by atoms with van der Waals surface area (Å²) in [4.78, 5) is 19.5. The van der Waals surface area contributed by atoms with E-state index < -0.39 is 11.6 Å². The molecule has 0 bridgehead atoms. The van der Waals surface area contributed by atoms with Gasteiger partial charge >= 0.3 is 5.88 Å². The zero-order valence-electron chi connectivity index (χ0n) is 18.9. The summed E-state index contributed by atoms with van der Waals surface area (Å²) in [7, 11) is 0. The van der Waals surface area contributed by atoms with E-state index >= 15 is 0 Å². The van der Waals surface area contributed by atoms with Gasteiger partial charge in [-0.1, -0.05) is 36.4 Å². The largest absolute Gasteiger partial charge is 0.711 e. The first kappa shape index (κ1) is 22.7. The summed E-state index contributed by atoms with van der Waals surface area (Å²) in [6.45, 7) is 6.85. The normalized spacial score (nSPS) is 16.4. The third kappa shape index (κ3) is 5.28. The lowest BCUT2D eigenvalue weighted by molar-refractivity contribution is -0.609. The number of fused-ring (bicyclic) bond motifs is 1. The van der Waals surface area contributed by atoms with Crippen LogP contribution in [0.15, 0.2) is 61.1 Å². The Morgan fingerprint density at radius 1 is 1.27 bits per heavy atom. The molecule has 0 aliphatic carbocycles. The van der Waals surface area contributed by atoms with Crippen molar-refractivity contribution in [2.75, 3.05) is 13.2 Å². The van der Waals surface area contributed by atoms with Crippen LogP contribution < -0.4 is 14.8 Å². The van der Waals surface area contributed by atoms with E-state index in [4.69, 9.17) is 4.74 Å². The fraction of sp³-hybridized carbons (Fsp3) is 0.320. The molecule has 7 nitrogen and oxygen atoms in total. The van der Waals surface area contributed by atoms with Gasteiger partial charge in [-0.05, 0) is 54.6 Å². The van der Waals surface area contributed by atoms with Crippen LogP contribution in [0.2, 0.25) is 0 Å². The second-order valence-corrected chi connectivity index (χ2v) is 9.12. The Morgan fingerprint density at radius 3 is 2.82 bits per heavy atom. The van der Waals surface area contributed by atoms with E-state index in [1.807, 2.05) is 56.0 Å². The Hall–Kier alpha value is -3.52. The van der Waals surface area contributed by atoms with E-state index in [1.54, 1.807) is 6.07 Å². The smallest absolute Gasteiger partial charge is 0.336 e. The third-order valence-corrected chi connectivity index (χ3v) is 5.35. The molecule has 0 saturated carbocycles. The van der Waals surface area contributed by atoms with E-state index in [2.05, 4.69) is 10.3 Å². The molecule has 33 heavy (non-hydrogen) atoms. The molecule has 1 unspecified atom stereocenters. The van der Waals surface area contributed by atoms with Crippen LogP contribution in [0.5, 0.6) is 5.88 Å². The molecule has 1 atom stereocenters. The number of carbonyl (C=O) groups excluding carboxylic acids is 1. The summed E-state index contributed by atoms with van der Waals surface area (Å²) in [5.41, 5.74) is 2.51. The first-order valence-electron chi connectivity index (χ1n) is 10.8. The molecule has 0 fully saturated rings. The summed E-state index contributed by atoms with van der Waals surface area (Å²) in [5, 5.41) is 15.1. The van der Waals surface area contributed by atoms with Crippen molar-refractivity contribution in [2.24, 2.45) is 0 Å². The number of benzene rings is 2. The van der Waals surface area contributed by atoms with Crippen LogP contribution in [0.3, 0.4) is 0 Å². The Labute approximate surface area is 192 Å². The zero-order chi connectivity index (χ0) is 23.6. The van der Waals surface area contributed by atoms with Crippen LogP contribution in [-0.4, -0.2) is 34.5 Å². The first-order chi connectivity index (χ1) is 15.7. The molecule has 2 heterocycles. The standard InChI is InChI=1S/C25H27FN4O3/c1-25(2,3)28-23(31)22-21-15-30(32)16-27-24(21)33-12-11-29(22)14-18-7-4-5-10-20(18)17-8-6-9-19(26)13-17/h4-10,13,15-16,22H,11-12,14H2,1-3H3,(H,28,31). The first-order valence-corrected chi connectivity index (χ1v) is 10.8. The number of amides is 1. The molecule has 3 aromatic rings. The highest BCUT2D eigenvalue weighted by Gasteiger charge is 2.37. The number of rotatable bonds is 4. The molecule has 172 valence electrons. The van der Waals surface area contributed by atoms with Gasteiger partial charge in [0.2, 0.25) is 5.91 Å². The van der Waals surface area contributed by atoms with Crippen LogP contribution in [0.1, 0.15) is 37.9 Å². The predicted molar refractivity (Wildman–Crippen MR) is 122 cm³/mol. The van der Waals surface area contributed by atoms with Crippen molar-refractivity contribution in [3.05, 3.63) is 83.2 Å². The highest BCUT2D eigenvalue weighted by molar-refractivity contribution is 5.84. The van der Waals surface area contributed by atoms with Crippen molar-refractivity contribution < 1.29 is 18.7 Å². The highest BCUT2D eigenvalue weighted by Crippen LogP contribution is 2.33. The lowest BCUT2D eigenvalue weighted by Crippen LogP contribution is -2.48. The second kappa shape index (κ2) is 9.15. The molecule has 1 amide bonds. The van der Waals surface area contributed by atoms with Gasteiger partial charge in [0.05, 0.1) is 0 Å². The average Bonchev–Trinajstić information content (AvgIpc) is 2.91. The van der Waals surface area contributed by atoms with Crippen LogP contribution >= 0.6 is 0 Å². The Balaban J connectivity index is 1.75. The summed E-state index contributed by atoms with van der Waals surface area (Å²) in [6, 6.07) is 13.4. The number of hydrogen-bond donors (Lipinski definition) is 1. The molecule has 0 saturated heterocycles. The number of aromatic nitrogens is 2. The number of carbonyl (C=O) groups is 1. The summed E-state index contributed by atoms with van der Waals surface area (Å²) < 4.78 is 20.3. The minimum absolute atomic E-state index is 0.245. The lowest BCUT2D eigenvalue weighted by atomic mass is 9.98. The molecule has 2 aromatic carbocycles. The molecule has 0 radical (unpaired) electrons. The van der Waals surface area contributed by atoms with Gasteiger partial charge in [0.1, 0.15) is 30.2 Å². The summed E-state index contributed by atoms with van der Waals surface area (Å²) in [5.74, 6) is -0.282. The lowest BCUT2D eigenvalue weighted by Gasteiger charge is -2.31. The fourth-order valence-electron chi connectivity index (χ4n) is 4.03. The SMILES string of the molecule is CC(C)(C)NC(=O)C1c2c[n+]([O-])cnc2OCCN1Cc1ccccc1-c1cccc(F)c1. The maximum atomic E-state index is 13.9. The van der Waals surface area contributed by atoms with Gasteiger partial charge in [-0.2, -0.15) is 0 Å². The fourth-order valence-corrected chi connectivity index (χ4v) is 4.03. The van der Waals surface area contributed by atoms with Crippen molar-refractivity contribution in [1.29, 1.82) is 0 Å².